The van der Waals surface area contributed by atoms with Gasteiger partial charge in [0.15, 0.2) is 0 Å². The molecule has 24 heavy (non-hydrogen) atoms. The molecule has 1 heterocycles. The van der Waals surface area contributed by atoms with Gasteiger partial charge in [0.1, 0.15) is 16.6 Å². The second-order valence-electron chi connectivity index (χ2n) is 4.33. The Morgan fingerprint density at radius 1 is 1.38 bits per heavy atom. The number of benzene rings is 1. The van der Waals surface area contributed by atoms with Crippen molar-refractivity contribution in [1.82, 2.24) is 4.98 Å². The van der Waals surface area contributed by atoms with Crippen LogP contribution in [-0.4, -0.2) is 86.2 Å². The fourth-order valence-corrected chi connectivity index (χ4v) is 2.50. The van der Waals surface area contributed by atoms with Gasteiger partial charge in [0.2, 0.25) is 5.12 Å². The number of hydrogen-bond donors (Lipinski definition) is 2. The number of hydrogen-bond acceptors (Lipinski definition) is 6. The zero-order valence-corrected chi connectivity index (χ0v) is 12.9. The number of anilines is 1. The molecule has 0 spiro atoms. The average molecular weight is 376 g/mol. The molecule has 2 aromatic rings. The van der Waals surface area contributed by atoms with Crippen LogP contribution in [0, 0.1) is 5.82 Å². The molecule has 0 bridgehead atoms. The number of halogens is 1. The van der Waals surface area contributed by atoms with E-state index in [2.05, 4.69) is 10.3 Å². The molecule has 0 amide bonds. The van der Waals surface area contributed by atoms with Crippen LogP contribution >= 0.6 is 11.8 Å². The van der Waals surface area contributed by atoms with Crippen LogP contribution in [0.3, 0.4) is 0 Å². The van der Waals surface area contributed by atoms with Crippen LogP contribution in [-0.2, 0) is 4.79 Å². The molecule has 1 aromatic heterocycles. The van der Waals surface area contributed by atoms with Crippen molar-refractivity contribution < 1.29 is 23.8 Å². The predicted octanol–water partition coefficient (Wildman–Crippen LogP) is 2.01. The van der Waals surface area contributed by atoms with Crippen LogP contribution in [0.15, 0.2) is 41.6 Å². The number of carbonyl (C=O) groups excluding carboxylic acids is 1. The maximum atomic E-state index is 13.2. The van der Waals surface area contributed by atoms with Gasteiger partial charge in [0.25, 0.3) is 0 Å². The SMILES string of the molecule is COc1ccc(F)cc1NCC(=O)Sc1ncccc1C(=O)O.[KH]. The van der Waals surface area contributed by atoms with Crippen molar-refractivity contribution in [2.45, 2.75) is 5.03 Å². The molecule has 0 fully saturated rings. The molecular formula is C15H14FKN2O4S. The summed E-state index contributed by atoms with van der Waals surface area (Å²) in [5.41, 5.74) is 0.287. The van der Waals surface area contributed by atoms with E-state index in [4.69, 9.17) is 9.84 Å². The van der Waals surface area contributed by atoms with E-state index in [0.717, 1.165) is 0 Å². The summed E-state index contributed by atoms with van der Waals surface area (Å²) < 4.78 is 18.3. The summed E-state index contributed by atoms with van der Waals surface area (Å²) in [5, 5.41) is 11.6. The van der Waals surface area contributed by atoms with Crippen LogP contribution < -0.4 is 10.1 Å². The third kappa shape index (κ3) is 5.83. The number of carboxylic acid groups (broad SMARTS) is 1. The fourth-order valence-electron chi connectivity index (χ4n) is 1.76. The minimum atomic E-state index is -1.16. The molecule has 0 aliphatic heterocycles. The van der Waals surface area contributed by atoms with Gasteiger partial charge in [0.05, 0.1) is 24.9 Å². The van der Waals surface area contributed by atoms with Crippen molar-refractivity contribution in [3.8, 4) is 5.75 Å². The Kier molecular flexibility index (Phi) is 8.88. The number of nitrogens with zero attached hydrogens (tertiary/aromatic N) is 1. The van der Waals surface area contributed by atoms with Crippen molar-refractivity contribution in [3.63, 3.8) is 0 Å². The van der Waals surface area contributed by atoms with Gasteiger partial charge in [-0.1, -0.05) is 0 Å². The van der Waals surface area contributed by atoms with Gasteiger partial charge in [-0.2, -0.15) is 0 Å². The molecule has 122 valence electrons. The first-order valence-corrected chi connectivity index (χ1v) is 7.29. The first-order valence-electron chi connectivity index (χ1n) is 6.47. The minimum absolute atomic E-state index is 0. The second-order valence-corrected chi connectivity index (χ2v) is 5.38. The first-order chi connectivity index (χ1) is 11.0. The summed E-state index contributed by atoms with van der Waals surface area (Å²) in [5.74, 6) is -1.23. The zero-order valence-electron chi connectivity index (χ0n) is 12.1. The van der Waals surface area contributed by atoms with E-state index < -0.39 is 11.8 Å². The van der Waals surface area contributed by atoms with Crippen molar-refractivity contribution >= 4 is 79.9 Å². The third-order valence-corrected chi connectivity index (χ3v) is 3.69. The Morgan fingerprint density at radius 2 is 2.12 bits per heavy atom. The van der Waals surface area contributed by atoms with Crippen molar-refractivity contribution in [3.05, 3.63) is 47.9 Å². The summed E-state index contributed by atoms with van der Waals surface area (Å²) >= 11 is 0.708. The Bertz CT molecular complexity index is 745. The molecule has 2 N–H and O–H groups in total. The molecular weight excluding hydrogens is 362 g/mol. The third-order valence-electron chi connectivity index (χ3n) is 2.80. The molecule has 0 atom stereocenters. The van der Waals surface area contributed by atoms with E-state index in [1.165, 1.54) is 43.6 Å². The summed E-state index contributed by atoms with van der Waals surface area (Å²) in [6, 6.07) is 6.74. The molecule has 2 rings (SSSR count). The molecule has 0 aliphatic carbocycles. The quantitative estimate of drug-likeness (QED) is 0.589. The van der Waals surface area contributed by atoms with Crippen molar-refractivity contribution in [1.29, 1.82) is 0 Å². The summed E-state index contributed by atoms with van der Waals surface area (Å²) in [4.78, 5) is 26.9. The zero-order chi connectivity index (χ0) is 16.8. The second kappa shape index (κ2) is 10.1. The van der Waals surface area contributed by atoms with Gasteiger partial charge < -0.3 is 15.2 Å². The monoisotopic (exact) mass is 376 g/mol. The van der Waals surface area contributed by atoms with E-state index in [0.29, 0.717) is 23.2 Å². The van der Waals surface area contributed by atoms with Gasteiger partial charge in [0, 0.05) is 12.3 Å². The molecule has 1 aromatic carbocycles. The Balaban J connectivity index is 0.00000288. The van der Waals surface area contributed by atoms with Crippen molar-refractivity contribution in [2.24, 2.45) is 0 Å². The number of carbonyl (C=O) groups is 2. The normalized spacial score (nSPS) is 9.75. The predicted molar refractivity (Wildman–Crippen MR) is 90.7 cm³/mol. The van der Waals surface area contributed by atoms with E-state index in [9.17, 15) is 14.0 Å². The average Bonchev–Trinajstić information content (AvgIpc) is 2.53. The Morgan fingerprint density at radius 3 is 2.79 bits per heavy atom. The number of methoxy groups -OCH3 is 1. The topological polar surface area (TPSA) is 88.5 Å². The Labute approximate surface area is 184 Å². The van der Waals surface area contributed by atoms with Crippen molar-refractivity contribution in [2.75, 3.05) is 19.0 Å². The maximum absolute atomic E-state index is 13.2. The van der Waals surface area contributed by atoms with Crippen LogP contribution in [0.1, 0.15) is 10.4 Å². The number of nitrogens with one attached hydrogen (secondary N) is 1. The number of aromatic carboxylic acids is 1. The number of ether oxygens (including phenoxy) is 1. The van der Waals surface area contributed by atoms with Gasteiger partial charge in [-0.3, -0.25) is 4.79 Å². The van der Waals surface area contributed by atoms with Gasteiger partial charge in [-0.25, -0.2) is 14.2 Å². The summed E-state index contributed by atoms with van der Waals surface area (Å²) in [7, 11) is 1.43. The number of rotatable bonds is 6. The van der Waals surface area contributed by atoms with Crippen LogP contribution in [0.4, 0.5) is 10.1 Å². The number of aromatic nitrogens is 1. The Hall–Kier alpha value is -0.974. The van der Waals surface area contributed by atoms with Gasteiger partial charge in [-0.05, 0) is 36.0 Å². The van der Waals surface area contributed by atoms with E-state index in [1.807, 2.05) is 0 Å². The summed E-state index contributed by atoms with van der Waals surface area (Å²) in [6.45, 7) is -0.139. The van der Waals surface area contributed by atoms with Gasteiger partial charge in [-0.15, -0.1) is 0 Å². The van der Waals surface area contributed by atoms with Crippen LogP contribution in [0.25, 0.3) is 0 Å². The molecule has 0 saturated heterocycles. The molecule has 0 radical (unpaired) electrons. The molecule has 6 nitrogen and oxygen atoms in total. The number of carboxylic acids is 1. The first kappa shape index (κ1) is 21.1. The molecule has 9 heteroatoms. The molecule has 0 aliphatic rings. The number of pyridine rings is 1. The van der Waals surface area contributed by atoms with E-state index >= 15 is 0 Å². The molecule has 0 saturated carbocycles. The van der Waals surface area contributed by atoms with Crippen LogP contribution in [0.5, 0.6) is 5.75 Å². The van der Waals surface area contributed by atoms with Crippen LogP contribution in [0.2, 0.25) is 0 Å². The number of thioether (sulfide) groups is 1. The summed E-state index contributed by atoms with van der Waals surface area (Å²) in [6.07, 6.45) is 1.41. The van der Waals surface area contributed by atoms with Gasteiger partial charge >= 0.3 is 57.4 Å². The standard InChI is InChI=1S/C15H13FN2O4S.K.H/c1-22-12-5-4-9(16)7-11(12)18-8-13(19)23-14-10(15(20)21)3-2-6-17-14;;/h2-7,18H,8H2,1H3,(H,20,21);;. The molecule has 0 unspecified atom stereocenters. The fraction of sp³-hybridized carbons (Fsp3) is 0.133. The van der Waals surface area contributed by atoms with E-state index in [1.54, 1.807) is 0 Å². The van der Waals surface area contributed by atoms with E-state index in [-0.39, 0.29) is 73.6 Å².